The molecule has 0 spiro atoms. The molecule has 18 heavy (non-hydrogen) atoms. The monoisotopic (exact) mass is 274 g/mol. The Morgan fingerprint density at radius 1 is 1.44 bits per heavy atom. The van der Waals surface area contributed by atoms with Crippen molar-refractivity contribution in [3.63, 3.8) is 0 Å². The van der Waals surface area contributed by atoms with E-state index in [4.69, 9.17) is 16.3 Å². The molecule has 0 aromatic carbocycles. The molecule has 1 aromatic heterocycles. The molecule has 0 radical (unpaired) electrons. The van der Waals surface area contributed by atoms with E-state index < -0.39 is 11.5 Å². The highest BCUT2D eigenvalue weighted by atomic mass is 35.5. The Kier molecular flexibility index (Phi) is 4.62. The van der Waals surface area contributed by atoms with Gasteiger partial charge in [0.15, 0.2) is 5.69 Å². The number of esters is 1. The normalized spacial score (nSPS) is 11.6. The zero-order chi connectivity index (χ0) is 13.9. The minimum Gasteiger partial charge on any atom is -0.461 e. The summed E-state index contributed by atoms with van der Waals surface area (Å²) in [6, 6.07) is 0. The standard InChI is InChI=1S/C12H19ClN2O3/c1-5-18-11(17)9-8(13)10(16)14-15(9)7-6-12(2,3)4/h5-7H2,1-4H3,(H,14,16). The smallest absolute Gasteiger partial charge is 0.358 e. The number of carbonyl (C=O) groups excluding carboxylic acids is 1. The largest absolute Gasteiger partial charge is 0.461 e. The summed E-state index contributed by atoms with van der Waals surface area (Å²) in [5, 5.41) is 2.44. The molecular weight excluding hydrogens is 256 g/mol. The van der Waals surface area contributed by atoms with E-state index in [1.165, 1.54) is 4.68 Å². The average Bonchev–Trinajstić information content (AvgIpc) is 2.51. The molecule has 0 bridgehead atoms. The number of hydrogen-bond donors (Lipinski definition) is 1. The van der Waals surface area contributed by atoms with Crippen LogP contribution in [0.25, 0.3) is 0 Å². The van der Waals surface area contributed by atoms with E-state index in [1.54, 1.807) is 6.92 Å². The molecule has 0 amide bonds. The van der Waals surface area contributed by atoms with Crippen LogP contribution in [0.2, 0.25) is 5.02 Å². The quantitative estimate of drug-likeness (QED) is 0.858. The first-order chi connectivity index (χ1) is 8.26. The Morgan fingerprint density at radius 2 is 2.06 bits per heavy atom. The van der Waals surface area contributed by atoms with Gasteiger partial charge in [0, 0.05) is 6.54 Å². The van der Waals surface area contributed by atoms with E-state index in [9.17, 15) is 9.59 Å². The third kappa shape index (κ3) is 3.63. The minimum absolute atomic E-state index is 0.0968. The fourth-order valence-electron chi connectivity index (χ4n) is 1.47. The summed E-state index contributed by atoms with van der Waals surface area (Å²) in [5.41, 5.74) is -0.263. The summed E-state index contributed by atoms with van der Waals surface area (Å²) in [4.78, 5) is 23.2. The van der Waals surface area contributed by atoms with E-state index in [0.29, 0.717) is 6.54 Å². The Hall–Kier alpha value is -1.23. The maximum atomic E-state index is 11.7. The first-order valence-electron chi connectivity index (χ1n) is 5.91. The lowest BCUT2D eigenvalue weighted by atomic mass is 9.92. The molecule has 1 N–H and O–H groups in total. The van der Waals surface area contributed by atoms with Gasteiger partial charge in [-0.1, -0.05) is 32.4 Å². The summed E-state index contributed by atoms with van der Waals surface area (Å²) in [6.07, 6.45) is 0.806. The second-order valence-corrected chi connectivity index (χ2v) is 5.66. The third-order valence-electron chi connectivity index (χ3n) is 2.47. The Bertz CT molecular complexity index is 482. The number of ether oxygens (including phenoxy) is 1. The number of carbonyl (C=O) groups is 1. The summed E-state index contributed by atoms with van der Waals surface area (Å²) in [7, 11) is 0. The Balaban J connectivity index is 3.01. The van der Waals surface area contributed by atoms with Gasteiger partial charge in [-0.3, -0.25) is 14.6 Å². The van der Waals surface area contributed by atoms with Gasteiger partial charge in [-0.15, -0.1) is 0 Å². The van der Waals surface area contributed by atoms with Crippen molar-refractivity contribution in [2.75, 3.05) is 6.61 Å². The van der Waals surface area contributed by atoms with Crippen molar-refractivity contribution in [1.29, 1.82) is 0 Å². The molecule has 0 fully saturated rings. The molecule has 0 aliphatic heterocycles. The molecule has 102 valence electrons. The van der Waals surface area contributed by atoms with Crippen LogP contribution in [0, 0.1) is 5.41 Å². The highest BCUT2D eigenvalue weighted by Gasteiger charge is 2.22. The van der Waals surface area contributed by atoms with Gasteiger partial charge in [0.1, 0.15) is 5.02 Å². The topological polar surface area (TPSA) is 64.1 Å². The number of hydrogen-bond acceptors (Lipinski definition) is 3. The number of aryl methyl sites for hydroxylation is 1. The zero-order valence-corrected chi connectivity index (χ0v) is 11.9. The van der Waals surface area contributed by atoms with Crippen LogP contribution in [0.3, 0.4) is 0 Å². The molecule has 0 saturated carbocycles. The zero-order valence-electron chi connectivity index (χ0n) is 11.2. The molecule has 0 aliphatic carbocycles. The number of nitrogens with one attached hydrogen (secondary N) is 1. The molecule has 0 unspecified atom stereocenters. The van der Waals surface area contributed by atoms with Crippen LogP contribution in [0.5, 0.6) is 0 Å². The molecule has 1 aromatic rings. The lowest BCUT2D eigenvalue weighted by Crippen LogP contribution is -2.17. The van der Waals surface area contributed by atoms with Crippen molar-refractivity contribution in [2.24, 2.45) is 5.41 Å². The van der Waals surface area contributed by atoms with E-state index in [0.717, 1.165) is 6.42 Å². The van der Waals surface area contributed by atoms with Crippen LogP contribution < -0.4 is 5.56 Å². The maximum Gasteiger partial charge on any atom is 0.358 e. The second-order valence-electron chi connectivity index (χ2n) is 5.29. The summed E-state index contributed by atoms with van der Waals surface area (Å²) < 4.78 is 6.36. The van der Waals surface area contributed by atoms with Crippen molar-refractivity contribution in [3.8, 4) is 0 Å². The molecule has 6 heteroatoms. The number of halogens is 1. The van der Waals surface area contributed by atoms with Crippen LogP contribution in [-0.4, -0.2) is 22.4 Å². The van der Waals surface area contributed by atoms with Crippen LogP contribution in [0.4, 0.5) is 0 Å². The molecule has 0 saturated heterocycles. The fraction of sp³-hybridized carbons (Fsp3) is 0.667. The molecule has 0 aliphatic rings. The second kappa shape index (κ2) is 5.61. The number of rotatable bonds is 4. The van der Waals surface area contributed by atoms with Gasteiger partial charge >= 0.3 is 5.97 Å². The SMILES string of the molecule is CCOC(=O)c1c(Cl)c(=O)[nH]n1CCC(C)(C)C. The molecule has 5 nitrogen and oxygen atoms in total. The van der Waals surface area contributed by atoms with Crippen molar-refractivity contribution in [2.45, 2.75) is 40.7 Å². The predicted octanol–water partition coefficient (Wildman–Crippen LogP) is 2.44. The van der Waals surface area contributed by atoms with Gasteiger partial charge in [0.05, 0.1) is 6.61 Å². The Labute approximate surface area is 111 Å². The van der Waals surface area contributed by atoms with Crippen LogP contribution in [0.15, 0.2) is 4.79 Å². The summed E-state index contributed by atoms with van der Waals surface area (Å²) >= 11 is 5.83. The Morgan fingerprint density at radius 3 is 2.56 bits per heavy atom. The first-order valence-corrected chi connectivity index (χ1v) is 6.29. The van der Waals surface area contributed by atoms with Gasteiger partial charge in [-0.25, -0.2) is 4.79 Å². The van der Waals surface area contributed by atoms with Gasteiger partial charge in [-0.2, -0.15) is 0 Å². The van der Waals surface area contributed by atoms with Gasteiger partial charge in [-0.05, 0) is 18.8 Å². The van der Waals surface area contributed by atoms with Crippen molar-refractivity contribution < 1.29 is 9.53 Å². The third-order valence-corrected chi connectivity index (χ3v) is 2.82. The highest BCUT2D eigenvalue weighted by Crippen LogP contribution is 2.21. The first kappa shape index (κ1) is 14.8. The highest BCUT2D eigenvalue weighted by molar-refractivity contribution is 6.33. The van der Waals surface area contributed by atoms with E-state index in [-0.39, 0.29) is 22.7 Å². The summed E-state index contributed by atoms with van der Waals surface area (Å²) in [6.45, 7) is 8.71. The molecular formula is C12H19ClN2O3. The fourth-order valence-corrected chi connectivity index (χ4v) is 1.69. The number of aromatic nitrogens is 2. The maximum absolute atomic E-state index is 11.7. The van der Waals surface area contributed by atoms with Crippen LogP contribution in [-0.2, 0) is 11.3 Å². The number of H-pyrrole nitrogens is 1. The number of aromatic amines is 1. The van der Waals surface area contributed by atoms with Gasteiger partial charge in [0.25, 0.3) is 5.56 Å². The van der Waals surface area contributed by atoms with Crippen molar-refractivity contribution in [1.82, 2.24) is 9.78 Å². The van der Waals surface area contributed by atoms with Gasteiger partial charge < -0.3 is 4.74 Å². The number of nitrogens with zero attached hydrogens (tertiary/aromatic N) is 1. The predicted molar refractivity (Wildman–Crippen MR) is 70.1 cm³/mol. The van der Waals surface area contributed by atoms with Crippen LogP contribution >= 0.6 is 11.6 Å². The van der Waals surface area contributed by atoms with Crippen LogP contribution in [0.1, 0.15) is 44.6 Å². The molecule has 1 heterocycles. The van der Waals surface area contributed by atoms with E-state index in [2.05, 4.69) is 25.9 Å². The molecule has 1 rings (SSSR count). The lowest BCUT2D eigenvalue weighted by Gasteiger charge is -2.18. The van der Waals surface area contributed by atoms with Crippen molar-refractivity contribution >= 4 is 17.6 Å². The molecule has 0 atom stereocenters. The van der Waals surface area contributed by atoms with E-state index >= 15 is 0 Å². The lowest BCUT2D eigenvalue weighted by molar-refractivity contribution is 0.0511. The van der Waals surface area contributed by atoms with Gasteiger partial charge in [0.2, 0.25) is 0 Å². The minimum atomic E-state index is -0.574. The van der Waals surface area contributed by atoms with E-state index in [1.807, 2.05) is 0 Å². The average molecular weight is 275 g/mol. The summed E-state index contributed by atoms with van der Waals surface area (Å²) in [5.74, 6) is -0.574. The van der Waals surface area contributed by atoms with Crippen molar-refractivity contribution in [3.05, 3.63) is 21.1 Å².